The molecule has 0 saturated carbocycles. The van der Waals surface area contributed by atoms with Crippen molar-refractivity contribution in [2.45, 2.75) is 78.3 Å². The van der Waals surface area contributed by atoms with Crippen molar-refractivity contribution in [2.24, 2.45) is 5.73 Å². The second-order valence-electron chi connectivity index (χ2n) is 14.8. The number of allylic oxidation sites excluding steroid dienone is 1. The Balaban J connectivity index is 0.00000206. The van der Waals surface area contributed by atoms with E-state index in [1.54, 1.807) is 36.4 Å². The van der Waals surface area contributed by atoms with Gasteiger partial charge in [0.25, 0.3) is 5.91 Å². The second kappa shape index (κ2) is 28.2. The van der Waals surface area contributed by atoms with Gasteiger partial charge in [-0.05, 0) is 97.1 Å². The topological polar surface area (TPSA) is 240 Å². The molecule has 0 radical (unpaired) electrons. The number of alkyl halides is 2. The number of aromatic hydroxyl groups is 2. The van der Waals surface area contributed by atoms with Crippen LogP contribution in [0.3, 0.4) is 0 Å². The number of rotatable bonds is 22. The van der Waals surface area contributed by atoms with Crippen molar-refractivity contribution in [1.29, 1.82) is 0 Å². The molecular formula is C49H61ClF2N6O9. The minimum atomic E-state index is -4.77. The number of Topliss-reactive ketones (excluding diaryl/α,β-unsaturated/α-hetero) is 1. The fourth-order valence-corrected chi connectivity index (χ4v) is 6.41. The SMILES string of the molecule is CC.CC/C=C(\CNC(=O)c1ccc(-c2ccc(Cl)cc2)cc1)N(C)C(C)c1ccc(O)c(-c2cc(CC(NC(=O)CNC=O)C(=O)NCC(=O)C(F)(F)C(=O)O)ccc2O)c1.CCCCN. The average Bonchev–Trinajstić information content (AvgIpc) is 3.32. The van der Waals surface area contributed by atoms with Crippen LogP contribution in [-0.2, 0) is 30.4 Å². The van der Waals surface area contributed by atoms with Gasteiger partial charge in [0.15, 0.2) is 0 Å². The molecule has 0 aliphatic carbocycles. The lowest BCUT2D eigenvalue weighted by atomic mass is 9.94. The molecule has 362 valence electrons. The fourth-order valence-electron chi connectivity index (χ4n) is 6.28. The van der Waals surface area contributed by atoms with Gasteiger partial charge in [-0.25, -0.2) is 4.79 Å². The summed E-state index contributed by atoms with van der Waals surface area (Å²) in [7, 11) is 1.85. The number of phenolic OH excluding ortho intramolecular Hbond substituents is 2. The van der Waals surface area contributed by atoms with E-state index in [1.165, 1.54) is 37.1 Å². The van der Waals surface area contributed by atoms with E-state index in [4.69, 9.17) is 22.4 Å². The highest BCUT2D eigenvalue weighted by Crippen LogP contribution is 2.39. The zero-order valence-corrected chi connectivity index (χ0v) is 39.3. The van der Waals surface area contributed by atoms with Gasteiger partial charge >= 0.3 is 11.9 Å². The van der Waals surface area contributed by atoms with Gasteiger partial charge in [0.05, 0.1) is 25.7 Å². The summed E-state index contributed by atoms with van der Waals surface area (Å²) in [6.07, 6.45) is 4.92. The molecule has 0 fully saturated rings. The Morgan fingerprint density at radius 2 is 1.42 bits per heavy atom. The number of carbonyl (C=O) groups excluding carboxylic acids is 5. The first-order valence-corrected chi connectivity index (χ1v) is 22.1. The predicted octanol–water partition coefficient (Wildman–Crippen LogP) is 6.75. The molecule has 2 atom stereocenters. The van der Waals surface area contributed by atoms with Crippen LogP contribution < -0.4 is 27.0 Å². The molecule has 4 aromatic carbocycles. The smallest absolute Gasteiger partial charge is 0.401 e. The van der Waals surface area contributed by atoms with E-state index in [9.17, 15) is 47.8 Å². The number of nitrogens with two attached hydrogens (primary N) is 1. The molecule has 0 aromatic heterocycles. The molecule has 67 heavy (non-hydrogen) atoms. The maximum atomic E-state index is 13.7. The van der Waals surface area contributed by atoms with Crippen LogP contribution >= 0.6 is 11.6 Å². The van der Waals surface area contributed by atoms with Crippen LogP contribution in [0, 0.1) is 0 Å². The molecule has 18 heteroatoms. The number of hydrogen-bond donors (Lipinski definition) is 8. The van der Waals surface area contributed by atoms with Crippen LogP contribution in [-0.4, -0.2) is 101 Å². The number of nitrogens with one attached hydrogen (secondary N) is 4. The quantitative estimate of drug-likeness (QED) is 0.0303. The highest BCUT2D eigenvalue weighted by atomic mass is 35.5. The number of amides is 4. The maximum Gasteiger partial charge on any atom is 0.401 e. The number of unbranched alkanes of at least 4 members (excludes halogenated alkanes) is 1. The van der Waals surface area contributed by atoms with Gasteiger partial charge in [0, 0.05) is 40.9 Å². The number of carboxylic acid groups (broad SMARTS) is 1. The summed E-state index contributed by atoms with van der Waals surface area (Å²) in [5.41, 5.74) is 9.64. The Hall–Kier alpha value is -6.85. The zero-order chi connectivity index (χ0) is 50.3. The first-order chi connectivity index (χ1) is 31.9. The predicted molar refractivity (Wildman–Crippen MR) is 255 cm³/mol. The van der Waals surface area contributed by atoms with E-state index in [-0.39, 0.29) is 54.0 Å². The van der Waals surface area contributed by atoms with Crippen molar-refractivity contribution in [3.05, 3.63) is 118 Å². The van der Waals surface area contributed by atoms with Crippen molar-refractivity contribution in [1.82, 2.24) is 26.2 Å². The molecule has 0 saturated heterocycles. The fraction of sp³-hybridized carbons (Fsp3) is 0.347. The Labute approximate surface area is 394 Å². The van der Waals surface area contributed by atoms with Crippen molar-refractivity contribution in [3.63, 3.8) is 0 Å². The zero-order valence-electron chi connectivity index (χ0n) is 38.5. The molecule has 4 aromatic rings. The van der Waals surface area contributed by atoms with Crippen LogP contribution in [0.15, 0.2) is 96.7 Å². The van der Waals surface area contributed by atoms with Crippen LogP contribution in [0.1, 0.15) is 81.4 Å². The highest BCUT2D eigenvalue weighted by Gasteiger charge is 2.47. The van der Waals surface area contributed by atoms with Crippen molar-refractivity contribution >= 4 is 47.5 Å². The van der Waals surface area contributed by atoms with E-state index >= 15 is 0 Å². The lowest BCUT2D eigenvalue weighted by Gasteiger charge is -2.30. The third-order valence-corrected chi connectivity index (χ3v) is 10.4. The summed E-state index contributed by atoms with van der Waals surface area (Å²) < 4.78 is 27.3. The molecule has 0 aliphatic rings. The Morgan fingerprint density at radius 1 is 0.836 bits per heavy atom. The molecule has 0 bridgehead atoms. The van der Waals surface area contributed by atoms with E-state index in [2.05, 4.69) is 22.9 Å². The monoisotopic (exact) mass is 950 g/mol. The van der Waals surface area contributed by atoms with Gasteiger partial charge in [-0.3, -0.25) is 24.0 Å². The molecule has 15 nitrogen and oxygen atoms in total. The normalized spacial score (nSPS) is 11.8. The van der Waals surface area contributed by atoms with Crippen LogP contribution in [0.4, 0.5) is 8.78 Å². The van der Waals surface area contributed by atoms with Crippen LogP contribution in [0.5, 0.6) is 11.5 Å². The summed E-state index contributed by atoms with van der Waals surface area (Å²) in [5.74, 6) is -12.3. The number of halogens is 3. The van der Waals surface area contributed by atoms with E-state index in [0.29, 0.717) is 28.1 Å². The molecule has 4 amide bonds. The largest absolute Gasteiger partial charge is 0.507 e. The summed E-state index contributed by atoms with van der Waals surface area (Å²) in [6, 6.07) is 21.6. The average molecular weight is 952 g/mol. The number of benzene rings is 4. The van der Waals surface area contributed by atoms with Crippen LogP contribution in [0.25, 0.3) is 22.3 Å². The second-order valence-corrected chi connectivity index (χ2v) is 15.2. The molecule has 4 rings (SSSR count). The first kappa shape index (κ1) is 56.3. The van der Waals surface area contributed by atoms with Gasteiger partial charge in [-0.15, -0.1) is 0 Å². The number of phenols is 2. The summed E-state index contributed by atoms with van der Waals surface area (Å²) in [6.45, 7) is 9.13. The number of aliphatic carboxylic acids is 1. The Kier molecular flexibility index (Phi) is 23.7. The summed E-state index contributed by atoms with van der Waals surface area (Å²) >= 11 is 6.01. The van der Waals surface area contributed by atoms with Gasteiger partial charge in [0.2, 0.25) is 24.0 Å². The lowest BCUT2D eigenvalue weighted by molar-refractivity contribution is -0.171. The number of ketones is 1. The molecule has 0 aliphatic heterocycles. The standard InChI is InChI=1S/C43H44ClF2N5O9.C4H11N.C2H6/c1-4-5-32(21-48-40(57)29-9-7-27(8-10-29)28-11-14-31(44)15-12-28)51(3)25(2)30-13-17-37(54)34(20-30)33-18-26(6-16-36(33)53)19-35(50-39(56)23-47-24-52)41(58)49-22-38(55)43(45,46)42(59)60;1-2-3-4-5;1-2/h5-18,20,24-25,35,53-54H,4,19,21-23H2,1-3H3,(H,47,52)(H,48,57)(H,49,58)(H,50,56)(H,59,60);2-5H2,1H3;1-2H3/b32-5+;;. The molecule has 0 spiro atoms. The van der Waals surface area contributed by atoms with Crippen molar-refractivity contribution < 1.29 is 52.9 Å². The minimum absolute atomic E-state index is 0.129. The number of nitrogens with zero attached hydrogens (tertiary/aromatic N) is 1. The van der Waals surface area contributed by atoms with Gasteiger partial charge in [0.1, 0.15) is 17.5 Å². The molecular weight excluding hydrogens is 890 g/mol. The highest BCUT2D eigenvalue weighted by molar-refractivity contribution is 6.30. The minimum Gasteiger partial charge on any atom is -0.507 e. The third-order valence-electron chi connectivity index (χ3n) is 10.1. The lowest BCUT2D eigenvalue weighted by Crippen LogP contribution is -2.52. The number of hydrogen-bond acceptors (Lipinski definition) is 10. The van der Waals surface area contributed by atoms with Crippen LogP contribution in [0.2, 0.25) is 5.02 Å². The summed E-state index contributed by atoms with van der Waals surface area (Å²) in [4.78, 5) is 74.0. The Bertz CT molecular complexity index is 2310. The van der Waals surface area contributed by atoms with Gasteiger partial charge in [-0.2, -0.15) is 8.78 Å². The van der Waals surface area contributed by atoms with Crippen molar-refractivity contribution in [2.75, 3.05) is 33.2 Å². The van der Waals surface area contributed by atoms with Gasteiger partial charge in [-0.1, -0.05) is 88.2 Å². The Morgan fingerprint density at radius 3 is 1.96 bits per heavy atom. The first-order valence-electron chi connectivity index (χ1n) is 21.7. The molecule has 2 unspecified atom stereocenters. The summed E-state index contributed by atoms with van der Waals surface area (Å²) in [5, 5.41) is 40.5. The molecule has 9 N–H and O–H groups in total. The van der Waals surface area contributed by atoms with E-state index < -0.39 is 48.6 Å². The van der Waals surface area contributed by atoms with E-state index in [0.717, 1.165) is 23.4 Å². The third kappa shape index (κ3) is 17.1. The van der Waals surface area contributed by atoms with Crippen molar-refractivity contribution in [3.8, 4) is 33.8 Å². The van der Waals surface area contributed by atoms with Gasteiger partial charge < -0.3 is 47.2 Å². The number of carbonyl (C=O) groups is 6. The number of carboxylic acids is 1. The number of likely N-dealkylation sites (N-methyl/N-ethyl adjacent to an activating group) is 1. The van der Waals surface area contributed by atoms with E-state index in [1.807, 2.05) is 75.3 Å². The maximum absolute atomic E-state index is 13.7. The molecule has 0 heterocycles.